The van der Waals surface area contributed by atoms with E-state index < -0.39 is 5.97 Å². The maximum absolute atomic E-state index is 10.8. The molecule has 0 bridgehead atoms. The lowest BCUT2D eigenvalue weighted by Gasteiger charge is -2.07. The molecule has 2 heterocycles. The fourth-order valence-corrected chi connectivity index (χ4v) is 2.31. The third-order valence-electron chi connectivity index (χ3n) is 2.37. The summed E-state index contributed by atoms with van der Waals surface area (Å²) in [6, 6.07) is 6.98. The molecule has 2 aromatic rings. The molecule has 94 valence electrons. The Balaban J connectivity index is 2.13. The summed E-state index contributed by atoms with van der Waals surface area (Å²) in [6.45, 7) is 2.62. The predicted molar refractivity (Wildman–Crippen MR) is 72.0 cm³/mol. The molecule has 18 heavy (non-hydrogen) atoms. The van der Waals surface area contributed by atoms with Crippen LogP contribution in [0.3, 0.4) is 0 Å². The zero-order valence-corrected chi connectivity index (χ0v) is 10.6. The van der Waals surface area contributed by atoms with Crippen LogP contribution in [0.1, 0.15) is 20.2 Å². The molecule has 0 aromatic carbocycles. The summed E-state index contributed by atoms with van der Waals surface area (Å²) in [6.07, 6.45) is 0. The molecule has 6 heteroatoms. The van der Waals surface area contributed by atoms with E-state index in [1.807, 2.05) is 19.1 Å². The Bertz CT molecular complexity index is 580. The minimum absolute atomic E-state index is 0.0194. The van der Waals surface area contributed by atoms with Crippen LogP contribution in [-0.2, 0) is 6.54 Å². The topological polar surface area (TPSA) is 88.2 Å². The number of hydrogen-bond acceptors (Lipinski definition) is 5. The lowest BCUT2D eigenvalue weighted by atomic mass is 10.3. The number of thiophene rings is 1. The number of pyridine rings is 1. The van der Waals surface area contributed by atoms with E-state index in [4.69, 9.17) is 10.8 Å². The van der Waals surface area contributed by atoms with E-state index in [1.165, 1.54) is 10.9 Å². The number of carboxylic acids is 1. The zero-order chi connectivity index (χ0) is 13.1. The minimum atomic E-state index is -1.06. The van der Waals surface area contributed by atoms with Gasteiger partial charge in [-0.3, -0.25) is 0 Å². The SMILES string of the molecule is Cc1ccc(CNc2nc(C(=O)O)ccc2N)s1. The number of aromatic carboxylic acids is 1. The van der Waals surface area contributed by atoms with E-state index in [0.717, 1.165) is 4.88 Å². The van der Waals surface area contributed by atoms with Gasteiger partial charge in [-0.2, -0.15) is 0 Å². The highest BCUT2D eigenvalue weighted by Crippen LogP contribution is 2.20. The number of hydrogen-bond donors (Lipinski definition) is 3. The van der Waals surface area contributed by atoms with Crippen LogP contribution in [0.2, 0.25) is 0 Å². The zero-order valence-electron chi connectivity index (χ0n) is 9.80. The van der Waals surface area contributed by atoms with Gasteiger partial charge in [0, 0.05) is 9.75 Å². The number of carboxylic acid groups (broad SMARTS) is 1. The summed E-state index contributed by atoms with van der Waals surface area (Å²) in [5.74, 6) is -0.661. The molecule has 0 saturated carbocycles. The molecule has 4 N–H and O–H groups in total. The van der Waals surface area contributed by atoms with Crippen LogP contribution in [0.25, 0.3) is 0 Å². The van der Waals surface area contributed by atoms with Crippen molar-refractivity contribution in [3.8, 4) is 0 Å². The molecule has 2 aromatic heterocycles. The van der Waals surface area contributed by atoms with Gasteiger partial charge in [0.2, 0.25) is 0 Å². The van der Waals surface area contributed by atoms with Gasteiger partial charge in [0.15, 0.2) is 11.5 Å². The summed E-state index contributed by atoms with van der Waals surface area (Å²) < 4.78 is 0. The highest BCUT2D eigenvalue weighted by Gasteiger charge is 2.08. The molecule has 0 atom stereocenters. The first-order valence-electron chi connectivity index (χ1n) is 5.35. The first-order chi connectivity index (χ1) is 8.56. The monoisotopic (exact) mass is 263 g/mol. The van der Waals surface area contributed by atoms with Crippen molar-refractivity contribution in [2.45, 2.75) is 13.5 Å². The van der Waals surface area contributed by atoms with E-state index in [0.29, 0.717) is 18.1 Å². The van der Waals surface area contributed by atoms with Gasteiger partial charge in [0.05, 0.1) is 12.2 Å². The summed E-state index contributed by atoms with van der Waals surface area (Å²) >= 11 is 1.68. The van der Waals surface area contributed by atoms with Crippen molar-refractivity contribution in [2.75, 3.05) is 11.1 Å². The van der Waals surface area contributed by atoms with E-state index in [-0.39, 0.29) is 5.69 Å². The van der Waals surface area contributed by atoms with Crippen LogP contribution >= 0.6 is 11.3 Å². The maximum atomic E-state index is 10.8. The molecule has 0 saturated heterocycles. The van der Waals surface area contributed by atoms with Gasteiger partial charge >= 0.3 is 5.97 Å². The standard InChI is InChI=1S/C12H13N3O2S/c1-7-2-3-8(18-7)6-14-11-9(13)4-5-10(15-11)12(16)17/h2-5H,6,13H2,1H3,(H,14,15)(H,16,17). The molecule has 0 aliphatic carbocycles. The lowest BCUT2D eigenvalue weighted by molar-refractivity contribution is 0.0690. The Kier molecular flexibility index (Phi) is 3.47. The number of anilines is 2. The third kappa shape index (κ3) is 2.78. The van der Waals surface area contributed by atoms with Crippen molar-refractivity contribution >= 4 is 28.8 Å². The second kappa shape index (κ2) is 5.05. The highest BCUT2D eigenvalue weighted by molar-refractivity contribution is 7.11. The Hall–Kier alpha value is -2.08. The number of aryl methyl sites for hydroxylation is 1. The van der Waals surface area contributed by atoms with Crippen molar-refractivity contribution in [3.05, 3.63) is 39.7 Å². The first kappa shape index (κ1) is 12.4. The van der Waals surface area contributed by atoms with E-state index in [1.54, 1.807) is 17.4 Å². The number of aromatic nitrogens is 1. The van der Waals surface area contributed by atoms with E-state index >= 15 is 0 Å². The van der Waals surface area contributed by atoms with Crippen LogP contribution < -0.4 is 11.1 Å². The number of nitrogens with two attached hydrogens (primary N) is 1. The Morgan fingerprint density at radius 1 is 1.44 bits per heavy atom. The molecule has 5 nitrogen and oxygen atoms in total. The normalized spacial score (nSPS) is 10.3. The Labute approximate surface area is 108 Å². The summed E-state index contributed by atoms with van der Waals surface area (Å²) in [5.41, 5.74) is 6.16. The van der Waals surface area contributed by atoms with Gasteiger partial charge < -0.3 is 16.2 Å². The number of nitrogens with one attached hydrogen (secondary N) is 1. The molecule has 0 unspecified atom stereocenters. The van der Waals surface area contributed by atoms with Gasteiger partial charge in [-0.1, -0.05) is 0 Å². The summed E-state index contributed by atoms with van der Waals surface area (Å²) in [4.78, 5) is 17.2. The molecular formula is C12H13N3O2S. The summed E-state index contributed by atoms with van der Waals surface area (Å²) in [7, 11) is 0. The molecule has 2 rings (SSSR count). The quantitative estimate of drug-likeness (QED) is 0.788. The van der Waals surface area contributed by atoms with Crippen molar-refractivity contribution < 1.29 is 9.90 Å². The molecule has 0 amide bonds. The Morgan fingerprint density at radius 2 is 2.22 bits per heavy atom. The minimum Gasteiger partial charge on any atom is -0.477 e. The van der Waals surface area contributed by atoms with Crippen LogP contribution in [0.4, 0.5) is 11.5 Å². The third-order valence-corrected chi connectivity index (χ3v) is 3.37. The predicted octanol–water partition coefficient (Wildman–Crippen LogP) is 2.34. The van der Waals surface area contributed by atoms with Gasteiger partial charge in [-0.05, 0) is 31.2 Å². The van der Waals surface area contributed by atoms with Crippen LogP contribution in [0.5, 0.6) is 0 Å². The van der Waals surface area contributed by atoms with Gasteiger partial charge in [-0.25, -0.2) is 9.78 Å². The second-order valence-corrected chi connectivity index (χ2v) is 5.18. The number of nitrogens with zero attached hydrogens (tertiary/aromatic N) is 1. The van der Waals surface area contributed by atoms with Crippen molar-refractivity contribution in [1.29, 1.82) is 0 Å². The van der Waals surface area contributed by atoms with Crippen LogP contribution in [-0.4, -0.2) is 16.1 Å². The fraction of sp³-hybridized carbons (Fsp3) is 0.167. The lowest BCUT2D eigenvalue weighted by Crippen LogP contribution is -2.08. The summed E-state index contributed by atoms with van der Waals surface area (Å²) in [5, 5.41) is 11.9. The fourth-order valence-electron chi connectivity index (χ4n) is 1.48. The van der Waals surface area contributed by atoms with E-state index in [9.17, 15) is 4.79 Å². The Morgan fingerprint density at radius 3 is 2.83 bits per heavy atom. The largest absolute Gasteiger partial charge is 0.477 e. The molecular weight excluding hydrogens is 250 g/mol. The van der Waals surface area contributed by atoms with Crippen LogP contribution in [0.15, 0.2) is 24.3 Å². The van der Waals surface area contributed by atoms with Gasteiger partial charge in [0.1, 0.15) is 0 Å². The average molecular weight is 263 g/mol. The molecule has 0 fully saturated rings. The van der Waals surface area contributed by atoms with Crippen molar-refractivity contribution in [1.82, 2.24) is 4.98 Å². The van der Waals surface area contributed by atoms with Gasteiger partial charge in [-0.15, -0.1) is 11.3 Å². The molecule has 0 aliphatic rings. The number of rotatable bonds is 4. The average Bonchev–Trinajstić information content (AvgIpc) is 2.74. The highest BCUT2D eigenvalue weighted by atomic mass is 32.1. The number of nitrogen functional groups attached to an aromatic ring is 1. The van der Waals surface area contributed by atoms with Crippen molar-refractivity contribution in [2.24, 2.45) is 0 Å². The first-order valence-corrected chi connectivity index (χ1v) is 6.17. The second-order valence-electron chi connectivity index (χ2n) is 3.81. The van der Waals surface area contributed by atoms with Crippen molar-refractivity contribution in [3.63, 3.8) is 0 Å². The van der Waals surface area contributed by atoms with Gasteiger partial charge in [0.25, 0.3) is 0 Å². The van der Waals surface area contributed by atoms with Crippen LogP contribution in [0, 0.1) is 6.92 Å². The molecule has 0 spiro atoms. The molecule has 0 aliphatic heterocycles. The number of carbonyl (C=O) groups is 1. The molecule has 0 radical (unpaired) electrons. The smallest absolute Gasteiger partial charge is 0.354 e. The van der Waals surface area contributed by atoms with E-state index in [2.05, 4.69) is 10.3 Å². The maximum Gasteiger partial charge on any atom is 0.354 e.